The van der Waals surface area contributed by atoms with E-state index < -0.39 is 0 Å². The zero-order chi connectivity index (χ0) is 17.7. The maximum absolute atomic E-state index is 12.6. The molecule has 0 saturated carbocycles. The van der Waals surface area contributed by atoms with E-state index in [0.717, 1.165) is 23.4 Å². The smallest absolute Gasteiger partial charge is 0.251 e. The lowest BCUT2D eigenvalue weighted by Crippen LogP contribution is -2.28. The molecule has 1 N–H and O–H groups in total. The number of pyridine rings is 1. The Hall–Kier alpha value is -2.56. The van der Waals surface area contributed by atoms with Crippen molar-refractivity contribution in [1.82, 2.24) is 10.3 Å². The maximum atomic E-state index is 12.6. The van der Waals surface area contributed by atoms with E-state index in [9.17, 15) is 4.79 Å². The van der Waals surface area contributed by atoms with Crippen LogP contribution in [0.15, 0.2) is 30.3 Å². The number of amides is 1. The number of ether oxygens (including phenoxy) is 2. The summed E-state index contributed by atoms with van der Waals surface area (Å²) in [6.45, 7) is 5.80. The highest BCUT2D eigenvalue weighted by atomic mass is 16.5. The van der Waals surface area contributed by atoms with Crippen LogP contribution in [0.5, 0.6) is 11.5 Å². The molecular weight excluding hydrogens is 304 g/mol. The van der Waals surface area contributed by atoms with Crippen LogP contribution in [0.25, 0.3) is 0 Å². The van der Waals surface area contributed by atoms with Gasteiger partial charge in [-0.15, -0.1) is 0 Å². The molecule has 0 radical (unpaired) electrons. The van der Waals surface area contributed by atoms with E-state index in [1.807, 2.05) is 39.0 Å². The van der Waals surface area contributed by atoms with Crippen LogP contribution in [0.3, 0.4) is 0 Å². The molecule has 128 valence electrons. The van der Waals surface area contributed by atoms with E-state index in [1.165, 1.54) is 0 Å². The first-order valence-corrected chi connectivity index (χ1v) is 7.96. The van der Waals surface area contributed by atoms with Crippen molar-refractivity contribution in [3.05, 3.63) is 52.8 Å². The predicted molar refractivity (Wildman–Crippen MR) is 93.8 cm³/mol. The monoisotopic (exact) mass is 328 g/mol. The third kappa shape index (κ3) is 4.04. The molecule has 0 bridgehead atoms. The number of hydrogen-bond acceptors (Lipinski definition) is 4. The summed E-state index contributed by atoms with van der Waals surface area (Å²) in [7, 11) is 3.20. The van der Waals surface area contributed by atoms with Crippen molar-refractivity contribution < 1.29 is 14.3 Å². The average molecular weight is 328 g/mol. The Kier molecular flexibility index (Phi) is 5.79. The van der Waals surface area contributed by atoms with Crippen molar-refractivity contribution in [3.8, 4) is 11.5 Å². The molecule has 2 aromatic rings. The van der Waals surface area contributed by atoms with Crippen LogP contribution in [-0.2, 0) is 0 Å². The van der Waals surface area contributed by atoms with Crippen LogP contribution >= 0.6 is 0 Å². The highest BCUT2D eigenvalue weighted by Gasteiger charge is 2.17. The average Bonchev–Trinajstić information content (AvgIpc) is 2.57. The second-order valence-corrected chi connectivity index (χ2v) is 5.69. The second-order valence-electron chi connectivity index (χ2n) is 5.69. The standard InChI is InChI=1S/C19H24N2O3/c1-6-16(14-7-8-17(23-4)18(11-14)24-5)21-19(22)15-9-12(2)20-13(3)10-15/h7-11,16H,6H2,1-5H3,(H,21,22)/t16-/m1/s1. The zero-order valence-electron chi connectivity index (χ0n) is 14.8. The number of nitrogens with zero attached hydrogens (tertiary/aromatic N) is 1. The number of benzene rings is 1. The molecule has 5 nitrogen and oxygen atoms in total. The number of rotatable bonds is 6. The molecule has 0 aliphatic heterocycles. The molecule has 0 aliphatic carbocycles. The molecule has 0 fully saturated rings. The molecule has 24 heavy (non-hydrogen) atoms. The van der Waals surface area contributed by atoms with Gasteiger partial charge in [-0.3, -0.25) is 9.78 Å². The summed E-state index contributed by atoms with van der Waals surface area (Å²) in [5, 5.41) is 3.08. The molecule has 5 heteroatoms. The summed E-state index contributed by atoms with van der Waals surface area (Å²) < 4.78 is 10.6. The lowest BCUT2D eigenvalue weighted by atomic mass is 10.0. The lowest BCUT2D eigenvalue weighted by molar-refractivity contribution is 0.0935. The Morgan fingerprint density at radius 3 is 2.25 bits per heavy atom. The Morgan fingerprint density at radius 2 is 1.71 bits per heavy atom. The number of carbonyl (C=O) groups excluding carboxylic acids is 1. The first-order valence-electron chi connectivity index (χ1n) is 7.96. The van der Waals surface area contributed by atoms with Gasteiger partial charge in [-0.2, -0.15) is 0 Å². The third-order valence-electron chi connectivity index (χ3n) is 3.87. The number of aryl methyl sites for hydroxylation is 2. The molecule has 0 saturated heterocycles. The van der Waals surface area contributed by atoms with Crippen LogP contribution in [0.1, 0.15) is 46.7 Å². The molecule has 2 rings (SSSR count). The van der Waals surface area contributed by atoms with Crippen molar-refractivity contribution in [3.63, 3.8) is 0 Å². The Labute approximate surface area is 143 Å². The Morgan fingerprint density at radius 1 is 1.08 bits per heavy atom. The van der Waals surface area contributed by atoms with E-state index in [1.54, 1.807) is 26.4 Å². The van der Waals surface area contributed by atoms with Gasteiger partial charge >= 0.3 is 0 Å². The van der Waals surface area contributed by atoms with E-state index in [4.69, 9.17) is 9.47 Å². The summed E-state index contributed by atoms with van der Waals surface area (Å²) in [6, 6.07) is 9.18. The van der Waals surface area contributed by atoms with Crippen LogP contribution in [0.2, 0.25) is 0 Å². The molecule has 1 heterocycles. The zero-order valence-corrected chi connectivity index (χ0v) is 14.8. The van der Waals surface area contributed by atoms with Crippen LogP contribution < -0.4 is 14.8 Å². The van der Waals surface area contributed by atoms with Gasteiger partial charge in [0.05, 0.1) is 20.3 Å². The van der Waals surface area contributed by atoms with Crippen molar-refractivity contribution in [2.24, 2.45) is 0 Å². The van der Waals surface area contributed by atoms with Crippen molar-refractivity contribution in [1.29, 1.82) is 0 Å². The van der Waals surface area contributed by atoms with E-state index in [2.05, 4.69) is 10.3 Å². The molecule has 0 unspecified atom stereocenters. The summed E-state index contributed by atoms with van der Waals surface area (Å²) in [4.78, 5) is 16.9. The normalized spacial score (nSPS) is 11.7. The predicted octanol–water partition coefficient (Wildman–Crippen LogP) is 3.60. The summed E-state index contributed by atoms with van der Waals surface area (Å²) >= 11 is 0. The molecule has 0 aliphatic rings. The van der Waals surface area contributed by atoms with E-state index in [0.29, 0.717) is 17.1 Å². The Bertz CT molecular complexity index is 708. The van der Waals surface area contributed by atoms with Gasteiger partial charge in [0.1, 0.15) is 0 Å². The largest absolute Gasteiger partial charge is 0.493 e. The first-order chi connectivity index (χ1) is 11.5. The van der Waals surface area contributed by atoms with E-state index in [-0.39, 0.29) is 11.9 Å². The minimum Gasteiger partial charge on any atom is -0.493 e. The minimum absolute atomic E-state index is 0.105. The molecule has 1 aromatic heterocycles. The van der Waals surface area contributed by atoms with Gasteiger partial charge in [0.2, 0.25) is 0 Å². The highest BCUT2D eigenvalue weighted by Crippen LogP contribution is 2.31. The molecule has 1 aromatic carbocycles. The topological polar surface area (TPSA) is 60.5 Å². The maximum Gasteiger partial charge on any atom is 0.251 e. The molecule has 1 amide bonds. The highest BCUT2D eigenvalue weighted by molar-refractivity contribution is 5.94. The van der Waals surface area contributed by atoms with Gasteiger partial charge in [-0.05, 0) is 50.1 Å². The summed E-state index contributed by atoms with van der Waals surface area (Å²) in [6.07, 6.45) is 0.768. The number of hydrogen-bond donors (Lipinski definition) is 1. The van der Waals surface area contributed by atoms with Crippen LogP contribution in [-0.4, -0.2) is 25.1 Å². The van der Waals surface area contributed by atoms with Gasteiger partial charge in [0, 0.05) is 17.0 Å². The van der Waals surface area contributed by atoms with Crippen LogP contribution in [0, 0.1) is 13.8 Å². The quantitative estimate of drug-likeness (QED) is 0.880. The lowest BCUT2D eigenvalue weighted by Gasteiger charge is -2.19. The van der Waals surface area contributed by atoms with Gasteiger partial charge in [-0.1, -0.05) is 13.0 Å². The van der Waals surface area contributed by atoms with Gasteiger partial charge < -0.3 is 14.8 Å². The van der Waals surface area contributed by atoms with Gasteiger partial charge in [0.25, 0.3) is 5.91 Å². The number of aromatic nitrogens is 1. The van der Waals surface area contributed by atoms with Crippen molar-refractivity contribution in [2.45, 2.75) is 33.2 Å². The molecule has 1 atom stereocenters. The van der Waals surface area contributed by atoms with Crippen LogP contribution in [0.4, 0.5) is 0 Å². The van der Waals surface area contributed by atoms with E-state index >= 15 is 0 Å². The SMILES string of the molecule is CC[C@@H](NC(=O)c1cc(C)nc(C)c1)c1ccc(OC)c(OC)c1. The molecular formula is C19H24N2O3. The molecule has 0 spiro atoms. The Balaban J connectivity index is 2.24. The summed E-state index contributed by atoms with van der Waals surface area (Å²) in [5.74, 6) is 1.21. The second kappa shape index (κ2) is 7.81. The van der Waals surface area contributed by atoms with Crippen molar-refractivity contribution in [2.75, 3.05) is 14.2 Å². The van der Waals surface area contributed by atoms with Crippen molar-refractivity contribution >= 4 is 5.91 Å². The van der Waals surface area contributed by atoms with Gasteiger partial charge in [0.15, 0.2) is 11.5 Å². The summed E-state index contributed by atoms with van der Waals surface area (Å²) in [5.41, 5.74) is 3.27. The number of methoxy groups -OCH3 is 2. The number of carbonyl (C=O) groups is 1. The van der Waals surface area contributed by atoms with Gasteiger partial charge in [-0.25, -0.2) is 0 Å². The fraction of sp³-hybridized carbons (Fsp3) is 0.368. The minimum atomic E-state index is -0.106. The third-order valence-corrected chi connectivity index (χ3v) is 3.87. The fourth-order valence-corrected chi connectivity index (χ4v) is 2.70. The first kappa shape index (κ1) is 17.8. The fourth-order valence-electron chi connectivity index (χ4n) is 2.70. The number of nitrogens with one attached hydrogen (secondary N) is 1.